The van der Waals surface area contributed by atoms with Crippen LogP contribution in [0.5, 0.6) is 12.0 Å². The van der Waals surface area contributed by atoms with Gasteiger partial charge in [0.2, 0.25) is 5.95 Å². The van der Waals surface area contributed by atoms with Gasteiger partial charge >= 0.3 is 12.0 Å². The molecular formula is C12H17N5O2S. The Kier molecular flexibility index (Phi) is 5.05. The highest BCUT2D eigenvalue weighted by atomic mass is 32.1. The second-order valence-electron chi connectivity index (χ2n) is 3.92. The Morgan fingerprint density at radius 1 is 1.25 bits per heavy atom. The number of aryl methyl sites for hydroxylation is 1. The van der Waals surface area contributed by atoms with Gasteiger partial charge in [0.05, 0.1) is 24.9 Å². The first-order valence-corrected chi connectivity index (χ1v) is 7.16. The van der Waals surface area contributed by atoms with E-state index in [1.54, 1.807) is 11.3 Å². The van der Waals surface area contributed by atoms with Gasteiger partial charge in [-0.25, -0.2) is 4.98 Å². The van der Waals surface area contributed by atoms with E-state index in [2.05, 4.69) is 25.3 Å². The van der Waals surface area contributed by atoms with E-state index in [9.17, 15) is 0 Å². The number of nitrogens with zero attached hydrogens (tertiary/aromatic N) is 4. The van der Waals surface area contributed by atoms with Crippen LogP contribution < -0.4 is 14.8 Å². The summed E-state index contributed by atoms with van der Waals surface area (Å²) in [6.45, 7) is 5.15. The lowest BCUT2D eigenvalue weighted by Gasteiger charge is -2.07. The van der Waals surface area contributed by atoms with Crippen LogP contribution in [0.3, 0.4) is 0 Å². The maximum Gasteiger partial charge on any atom is 0.324 e. The fourth-order valence-electron chi connectivity index (χ4n) is 1.53. The van der Waals surface area contributed by atoms with Crippen molar-refractivity contribution in [1.29, 1.82) is 0 Å². The monoisotopic (exact) mass is 295 g/mol. The third-order valence-electron chi connectivity index (χ3n) is 2.52. The minimum absolute atomic E-state index is 0.236. The number of ether oxygens (including phenoxy) is 2. The molecule has 0 amide bonds. The molecule has 2 heterocycles. The quantitative estimate of drug-likeness (QED) is 0.832. The van der Waals surface area contributed by atoms with Crippen LogP contribution in [0.15, 0.2) is 5.51 Å². The van der Waals surface area contributed by atoms with Crippen LogP contribution in [0.25, 0.3) is 0 Å². The molecule has 1 N–H and O–H groups in total. The average molecular weight is 295 g/mol. The fraction of sp³-hybridized carbons (Fsp3) is 0.500. The normalized spacial score (nSPS) is 10.3. The van der Waals surface area contributed by atoms with Crippen molar-refractivity contribution in [3.05, 3.63) is 16.1 Å². The van der Waals surface area contributed by atoms with E-state index in [4.69, 9.17) is 9.47 Å². The van der Waals surface area contributed by atoms with E-state index in [0.717, 1.165) is 12.1 Å². The standard InChI is InChI=1S/C12H17N5O2S/c1-4-13-10-15-11(18-3)17-12(16-10)19-6-5-9-8(2)14-7-20-9/h7H,4-6H2,1-3H3,(H,13,15,16,17). The number of anilines is 1. The third-order valence-corrected chi connectivity index (χ3v) is 3.51. The Hall–Kier alpha value is -1.96. The summed E-state index contributed by atoms with van der Waals surface area (Å²) in [5.41, 5.74) is 2.88. The zero-order valence-electron chi connectivity index (χ0n) is 11.7. The van der Waals surface area contributed by atoms with Crippen molar-refractivity contribution in [2.45, 2.75) is 20.3 Å². The maximum atomic E-state index is 5.56. The van der Waals surface area contributed by atoms with Crippen molar-refractivity contribution >= 4 is 17.3 Å². The predicted octanol–water partition coefficient (Wildman–Crippen LogP) is 1.70. The molecule has 8 heteroatoms. The van der Waals surface area contributed by atoms with E-state index in [1.165, 1.54) is 12.0 Å². The zero-order chi connectivity index (χ0) is 14.4. The van der Waals surface area contributed by atoms with Gasteiger partial charge in [-0.15, -0.1) is 16.3 Å². The van der Waals surface area contributed by atoms with Gasteiger partial charge in [-0.3, -0.25) is 0 Å². The van der Waals surface area contributed by atoms with E-state index in [0.29, 0.717) is 19.1 Å². The highest BCUT2D eigenvalue weighted by Crippen LogP contribution is 2.15. The van der Waals surface area contributed by atoms with Crippen LogP contribution in [-0.2, 0) is 6.42 Å². The molecule has 0 fully saturated rings. The Labute approximate surface area is 121 Å². The first-order chi connectivity index (χ1) is 9.72. The number of hydrogen-bond acceptors (Lipinski definition) is 8. The third kappa shape index (κ3) is 3.77. The number of rotatable bonds is 7. The minimum atomic E-state index is 0.236. The summed E-state index contributed by atoms with van der Waals surface area (Å²) < 4.78 is 10.6. The second kappa shape index (κ2) is 6.99. The van der Waals surface area contributed by atoms with Crippen LogP contribution in [0.2, 0.25) is 0 Å². The summed E-state index contributed by atoms with van der Waals surface area (Å²) >= 11 is 1.62. The van der Waals surface area contributed by atoms with Crippen molar-refractivity contribution in [2.24, 2.45) is 0 Å². The van der Waals surface area contributed by atoms with Gasteiger partial charge in [-0.1, -0.05) is 0 Å². The molecule has 0 aliphatic carbocycles. The summed E-state index contributed by atoms with van der Waals surface area (Å²) in [4.78, 5) is 17.7. The largest absolute Gasteiger partial charge is 0.467 e. The van der Waals surface area contributed by atoms with Gasteiger partial charge in [0.25, 0.3) is 0 Å². The summed E-state index contributed by atoms with van der Waals surface area (Å²) in [5.74, 6) is 0.448. The van der Waals surface area contributed by atoms with Crippen molar-refractivity contribution < 1.29 is 9.47 Å². The molecule has 0 radical (unpaired) electrons. The van der Waals surface area contributed by atoms with Crippen LogP contribution >= 0.6 is 11.3 Å². The maximum absolute atomic E-state index is 5.56. The molecule has 0 aliphatic rings. The van der Waals surface area contributed by atoms with E-state index in [1.807, 2.05) is 19.4 Å². The van der Waals surface area contributed by atoms with Crippen molar-refractivity contribution in [2.75, 3.05) is 25.6 Å². The van der Waals surface area contributed by atoms with Gasteiger partial charge in [0.1, 0.15) is 0 Å². The lowest BCUT2D eigenvalue weighted by molar-refractivity contribution is 0.285. The van der Waals surface area contributed by atoms with Crippen molar-refractivity contribution in [1.82, 2.24) is 19.9 Å². The Bertz CT molecular complexity index is 561. The SMILES string of the molecule is CCNc1nc(OC)nc(OCCc2scnc2C)n1. The Morgan fingerprint density at radius 2 is 2.05 bits per heavy atom. The lowest BCUT2D eigenvalue weighted by Crippen LogP contribution is -2.09. The fourth-order valence-corrected chi connectivity index (χ4v) is 2.29. The van der Waals surface area contributed by atoms with Crippen molar-refractivity contribution in [3.63, 3.8) is 0 Å². The molecule has 108 valence electrons. The molecule has 20 heavy (non-hydrogen) atoms. The summed E-state index contributed by atoms with van der Waals surface area (Å²) in [6.07, 6.45) is 0.779. The van der Waals surface area contributed by atoms with Gasteiger partial charge in [-0.2, -0.15) is 9.97 Å². The number of methoxy groups -OCH3 is 1. The van der Waals surface area contributed by atoms with Crippen LogP contribution in [0.4, 0.5) is 5.95 Å². The molecular weight excluding hydrogens is 278 g/mol. The first kappa shape index (κ1) is 14.4. The second-order valence-corrected chi connectivity index (χ2v) is 4.86. The highest BCUT2D eigenvalue weighted by Gasteiger charge is 2.08. The Balaban J connectivity index is 1.97. The smallest absolute Gasteiger partial charge is 0.324 e. The average Bonchev–Trinajstić information content (AvgIpc) is 2.84. The first-order valence-electron chi connectivity index (χ1n) is 6.28. The Morgan fingerprint density at radius 3 is 2.70 bits per heavy atom. The van der Waals surface area contributed by atoms with E-state index >= 15 is 0 Å². The topological polar surface area (TPSA) is 82.1 Å². The molecule has 0 atom stereocenters. The molecule has 2 aromatic heterocycles. The predicted molar refractivity (Wildman–Crippen MR) is 76.6 cm³/mol. The highest BCUT2D eigenvalue weighted by molar-refractivity contribution is 7.09. The van der Waals surface area contributed by atoms with Crippen LogP contribution in [-0.4, -0.2) is 40.2 Å². The number of thiazole rings is 1. The van der Waals surface area contributed by atoms with E-state index < -0.39 is 0 Å². The van der Waals surface area contributed by atoms with Crippen LogP contribution in [0, 0.1) is 6.92 Å². The van der Waals surface area contributed by atoms with Crippen LogP contribution in [0.1, 0.15) is 17.5 Å². The molecule has 0 saturated carbocycles. The minimum Gasteiger partial charge on any atom is -0.467 e. The molecule has 0 bridgehead atoms. The molecule has 0 saturated heterocycles. The van der Waals surface area contributed by atoms with Crippen molar-refractivity contribution in [3.8, 4) is 12.0 Å². The van der Waals surface area contributed by atoms with E-state index in [-0.39, 0.29) is 12.0 Å². The zero-order valence-corrected chi connectivity index (χ0v) is 12.5. The number of aromatic nitrogens is 4. The number of hydrogen-bond donors (Lipinski definition) is 1. The molecule has 7 nitrogen and oxygen atoms in total. The van der Waals surface area contributed by atoms with Gasteiger partial charge in [0, 0.05) is 17.8 Å². The van der Waals surface area contributed by atoms with Gasteiger partial charge in [0.15, 0.2) is 0 Å². The molecule has 2 aromatic rings. The summed E-state index contributed by atoms with van der Waals surface area (Å²) in [6, 6.07) is 0.495. The molecule has 0 unspecified atom stereocenters. The number of nitrogens with one attached hydrogen (secondary N) is 1. The van der Waals surface area contributed by atoms with Gasteiger partial charge in [-0.05, 0) is 13.8 Å². The molecule has 0 aliphatic heterocycles. The molecule has 0 aromatic carbocycles. The summed E-state index contributed by atoms with van der Waals surface area (Å²) in [5, 5.41) is 3.01. The lowest BCUT2D eigenvalue weighted by atomic mass is 10.3. The summed E-state index contributed by atoms with van der Waals surface area (Å²) in [7, 11) is 1.51. The molecule has 2 rings (SSSR count). The van der Waals surface area contributed by atoms with Gasteiger partial charge < -0.3 is 14.8 Å². The molecule has 0 spiro atoms.